The summed E-state index contributed by atoms with van der Waals surface area (Å²) >= 11 is 1.23. The number of thiazole rings is 1. The lowest BCUT2D eigenvalue weighted by molar-refractivity contribution is 0.0967. The van der Waals surface area contributed by atoms with Gasteiger partial charge in [0, 0.05) is 25.6 Å². The highest BCUT2D eigenvalue weighted by Gasteiger charge is 2.19. The summed E-state index contributed by atoms with van der Waals surface area (Å²) in [5.41, 5.74) is 1.17. The second kappa shape index (κ2) is 7.61. The van der Waals surface area contributed by atoms with Crippen molar-refractivity contribution in [1.82, 2.24) is 25.3 Å². The number of halogens is 1. The summed E-state index contributed by atoms with van der Waals surface area (Å²) in [6.07, 6.45) is 4.92. The summed E-state index contributed by atoms with van der Waals surface area (Å²) in [4.78, 5) is 29.4. The summed E-state index contributed by atoms with van der Waals surface area (Å²) in [5.74, 6) is 0.215. The number of pyridine rings is 1. The van der Waals surface area contributed by atoms with E-state index in [1.54, 1.807) is 31.7 Å². The van der Waals surface area contributed by atoms with Crippen molar-refractivity contribution in [1.29, 1.82) is 0 Å². The Bertz CT molecular complexity index is 780. The maximum Gasteiger partial charge on any atom is 0.263 e. The molecule has 0 aliphatic heterocycles. The Hall–Kier alpha value is -2.58. The van der Waals surface area contributed by atoms with E-state index in [9.17, 15) is 4.79 Å². The fraction of sp³-hybridized carbons (Fsp3) is 0.0714. The molecule has 0 aliphatic carbocycles. The van der Waals surface area contributed by atoms with Crippen molar-refractivity contribution in [3.05, 3.63) is 47.7 Å². The van der Waals surface area contributed by atoms with Crippen LogP contribution in [0.4, 0.5) is 11.1 Å². The molecular weight excluding hydrogens is 336 g/mol. The van der Waals surface area contributed by atoms with Crippen LogP contribution in [0.2, 0.25) is 0 Å². The molecule has 0 unspecified atom stereocenters. The second-order valence-electron chi connectivity index (χ2n) is 4.19. The standard InChI is InChI=1S/C14H12N6OS.ClH/c1-15-12(21)11-10(9-5-2-3-6-16-9)19-14(22-11)20-13-17-7-4-8-18-13;/h2-8H,1H3,(H,15,21)(H,17,18,19,20);1H. The van der Waals surface area contributed by atoms with E-state index in [-0.39, 0.29) is 18.3 Å². The highest BCUT2D eigenvalue weighted by Crippen LogP contribution is 2.30. The molecule has 3 aromatic rings. The van der Waals surface area contributed by atoms with E-state index in [0.717, 1.165) is 0 Å². The average Bonchev–Trinajstić information content (AvgIpc) is 3.00. The SMILES string of the molecule is CNC(=O)c1sc(Nc2ncccn2)nc1-c1ccccn1.Cl. The first-order valence-electron chi connectivity index (χ1n) is 6.46. The minimum Gasteiger partial charge on any atom is -0.354 e. The molecule has 0 bridgehead atoms. The third-order valence-corrected chi connectivity index (χ3v) is 3.72. The van der Waals surface area contributed by atoms with Gasteiger partial charge in [0.05, 0.1) is 5.69 Å². The van der Waals surface area contributed by atoms with Crippen molar-refractivity contribution in [3.8, 4) is 11.4 Å². The molecule has 3 aromatic heterocycles. The number of hydrogen-bond acceptors (Lipinski definition) is 7. The van der Waals surface area contributed by atoms with Crippen LogP contribution in [0.3, 0.4) is 0 Å². The topological polar surface area (TPSA) is 92.7 Å². The smallest absolute Gasteiger partial charge is 0.263 e. The molecule has 9 heteroatoms. The maximum absolute atomic E-state index is 12.0. The van der Waals surface area contributed by atoms with Crippen LogP contribution in [0.5, 0.6) is 0 Å². The van der Waals surface area contributed by atoms with E-state index < -0.39 is 0 Å². The molecule has 1 amide bonds. The van der Waals surface area contributed by atoms with E-state index >= 15 is 0 Å². The van der Waals surface area contributed by atoms with Crippen LogP contribution in [0.15, 0.2) is 42.9 Å². The van der Waals surface area contributed by atoms with Gasteiger partial charge >= 0.3 is 0 Å². The van der Waals surface area contributed by atoms with Gasteiger partial charge in [0.15, 0.2) is 5.13 Å². The Morgan fingerprint density at radius 2 is 1.83 bits per heavy atom. The minimum absolute atomic E-state index is 0. The van der Waals surface area contributed by atoms with Gasteiger partial charge in [-0.2, -0.15) is 0 Å². The van der Waals surface area contributed by atoms with Crippen LogP contribution in [-0.4, -0.2) is 32.9 Å². The Balaban J connectivity index is 0.00000192. The van der Waals surface area contributed by atoms with E-state index in [0.29, 0.717) is 27.3 Å². The lowest BCUT2D eigenvalue weighted by Crippen LogP contribution is -2.17. The minimum atomic E-state index is -0.208. The van der Waals surface area contributed by atoms with E-state index in [1.165, 1.54) is 11.3 Å². The number of aromatic nitrogens is 4. The Labute approximate surface area is 142 Å². The van der Waals surface area contributed by atoms with Crippen LogP contribution >= 0.6 is 23.7 Å². The van der Waals surface area contributed by atoms with Crippen molar-refractivity contribution < 1.29 is 4.79 Å². The number of carbonyl (C=O) groups is 1. The fourth-order valence-electron chi connectivity index (χ4n) is 1.78. The van der Waals surface area contributed by atoms with Gasteiger partial charge in [-0.1, -0.05) is 17.4 Å². The molecule has 0 radical (unpaired) electrons. The number of rotatable bonds is 4. The molecule has 0 atom stereocenters. The zero-order valence-corrected chi connectivity index (χ0v) is 13.7. The number of carbonyl (C=O) groups excluding carboxylic acids is 1. The van der Waals surface area contributed by atoms with Crippen LogP contribution in [0.1, 0.15) is 9.67 Å². The molecule has 3 rings (SSSR count). The number of nitrogens with one attached hydrogen (secondary N) is 2. The molecule has 3 heterocycles. The van der Waals surface area contributed by atoms with Gasteiger partial charge in [0.25, 0.3) is 5.91 Å². The number of hydrogen-bond donors (Lipinski definition) is 2. The molecule has 118 valence electrons. The highest BCUT2D eigenvalue weighted by atomic mass is 35.5. The Morgan fingerprint density at radius 3 is 2.48 bits per heavy atom. The van der Waals surface area contributed by atoms with Crippen LogP contribution in [-0.2, 0) is 0 Å². The molecule has 2 N–H and O–H groups in total. The van der Waals surface area contributed by atoms with Gasteiger partial charge < -0.3 is 10.6 Å². The third kappa shape index (κ3) is 3.79. The van der Waals surface area contributed by atoms with Crippen LogP contribution in [0.25, 0.3) is 11.4 Å². The van der Waals surface area contributed by atoms with Crippen molar-refractivity contribution >= 4 is 40.7 Å². The monoisotopic (exact) mass is 348 g/mol. The van der Waals surface area contributed by atoms with Crippen LogP contribution < -0.4 is 10.6 Å². The van der Waals surface area contributed by atoms with E-state index in [2.05, 4.69) is 30.6 Å². The summed E-state index contributed by atoms with van der Waals surface area (Å²) in [7, 11) is 1.58. The Kier molecular flexibility index (Phi) is 5.56. The third-order valence-electron chi connectivity index (χ3n) is 2.75. The number of anilines is 2. The van der Waals surface area contributed by atoms with Gasteiger partial charge in [-0.3, -0.25) is 9.78 Å². The summed E-state index contributed by atoms with van der Waals surface area (Å²) in [6.45, 7) is 0. The average molecular weight is 349 g/mol. The first-order valence-corrected chi connectivity index (χ1v) is 7.28. The van der Waals surface area contributed by atoms with Crippen molar-refractivity contribution in [2.24, 2.45) is 0 Å². The molecular formula is C14H13ClN6OS. The van der Waals surface area contributed by atoms with Crippen molar-refractivity contribution in [3.63, 3.8) is 0 Å². The number of amides is 1. The van der Waals surface area contributed by atoms with Crippen LogP contribution in [0, 0.1) is 0 Å². The summed E-state index contributed by atoms with van der Waals surface area (Å²) < 4.78 is 0. The lowest BCUT2D eigenvalue weighted by atomic mass is 10.2. The summed E-state index contributed by atoms with van der Waals surface area (Å²) in [6, 6.07) is 7.20. The molecule has 0 aliphatic rings. The molecule has 23 heavy (non-hydrogen) atoms. The van der Waals surface area contributed by atoms with Gasteiger partial charge in [0.2, 0.25) is 5.95 Å². The summed E-state index contributed by atoms with van der Waals surface area (Å²) in [5, 5.41) is 6.14. The largest absolute Gasteiger partial charge is 0.354 e. The predicted molar refractivity (Wildman–Crippen MR) is 91.3 cm³/mol. The van der Waals surface area contributed by atoms with E-state index in [1.807, 2.05) is 18.2 Å². The molecule has 7 nitrogen and oxygen atoms in total. The Morgan fingerprint density at radius 1 is 1.09 bits per heavy atom. The van der Waals surface area contributed by atoms with Gasteiger partial charge in [-0.15, -0.1) is 12.4 Å². The quantitative estimate of drug-likeness (QED) is 0.752. The molecule has 0 fully saturated rings. The normalized spacial score (nSPS) is 9.78. The number of nitrogens with zero attached hydrogens (tertiary/aromatic N) is 4. The zero-order chi connectivity index (χ0) is 15.4. The zero-order valence-electron chi connectivity index (χ0n) is 12.1. The first-order chi connectivity index (χ1) is 10.8. The second-order valence-corrected chi connectivity index (χ2v) is 5.19. The first kappa shape index (κ1) is 16.8. The van der Waals surface area contributed by atoms with Crippen molar-refractivity contribution in [2.45, 2.75) is 0 Å². The van der Waals surface area contributed by atoms with Gasteiger partial charge in [0.1, 0.15) is 10.6 Å². The van der Waals surface area contributed by atoms with Crippen molar-refractivity contribution in [2.75, 3.05) is 12.4 Å². The van der Waals surface area contributed by atoms with E-state index in [4.69, 9.17) is 0 Å². The molecule has 0 saturated heterocycles. The molecule has 0 spiro atoms. The lowest BCUT2D eigenvalue weighted by Gasteiger charge is -1.99. The van der Waals surface area contributed by atoms with Gasteiger partial charge in [-0.05, 0) is 18.2 Å². The molecule has 0 saturated carbocycles. The predicted octanol–water partition coefficient (Wildman–Crippen LogP) is 2.52. The highest BCUT2D eigenvalue weighted by molar-refractivity contribution is 7.18. The fourth-order valence-corrected chi connectivity index (χ4v) is 2.69. The van der Waals surface area contributed by atoms with Gasteiger partial charge in [-0.25, -0.2) is 15.0 Å². The maximum atomic E-state index is 12.0. The molecule has 0 aromatic carbocycles.